The van der Waals surface area contributed by atoms with Gasteiger partial charge in [0.05, 0.1) is 11.5 Å². The average molecular weight is 248 g/mol. The molecule has 0 aromatic carbocycles. The van der Waals surface area contributed by atoms with Crippen molar-refractivity contribution < 1.29 is 13.2 Å². The van der Waals surface area contributed by atoms with Gasteiger partial charge in [0.15, 0.2) is 9.84 Å². The summed E-state index contributed by atoms with van der Waals surface area (Å²) < 4.78 is 22.4. The van der Waals surface area contributed by atoms with Crippen molar-refractivity contribution in [3.8, 4) is 0 Å². The Kier molecular flexibility index (Phi) is 4.58. The van der Waals surface area contributed by atoms with E-state index in [0.29, 0.717) is 13.0 Å². The fraction of sp³-hybridized carbons (Fsp3) is 0.900. The lowest BCUT2D eigenvalue weighted by molar-refractivity contribution is 0.236. The summed E-state index contributed by atoms with van der Waals surface area (Å²) in [5.74, 6) is 0.538. The lowest BCUT2D eigenvalue weighted by atomic mass is 10.1. The van der Waals surface area contributed by atoms with Crippen LogP contribution >= 0.6 is 0 Å². The maximum absolute atomic E-state index is 11.4. The molecule has 5 nitrogen and oxygen atoms in total. The Morgan fingerprint density at radius 1 is 1.50 bits per heavy atom. The monoisotopic (exact) mass is 248 g/mol. The predicted molar refractivity (Wildman–Crippen MR) is 63.0 cm³/mol. The van der Waals surface area contributed by atoms with Gasteiger partial charge in [-0.3, -0.25) is 0 Å². The Bertz CT molecular complexity index is 340. The molecule has 2 unspecified atom stereocenters. The molecule has 0 aliphatic carbocycles. The molecule has 1 heterocycles. The van der Waals surface area contributed by atoms with E-state index < -0.39 is 9.84 Å². The van der Waals surface area contributed by atoms with Crippen LogP contribution in [-0.4, -0.2) is 38.5 Å². The summed E-state index contributed by atoms with van der Waals surface area (Å²) >= 11 is 0. The Morgan fingerprint density at radius 3 is 2.69 bits per heavy atom. The van der Waals surface area contributed by atoms with Crippen molar-refractivity contribution in [2.24, 2.45) is 5.92 Å². The molecule has 1 saturated heterocycles. The van der Waals surface area contributed by atoms with Gasteiger partial charge < -0.3 is 10.6 Å². The van der Waals surface area contributed by atoms with Crippen LogP contribution in [0.25, 0.3) is 0 Å². The van der Waals surface area contributed by atoms with Gasteiger partial charge in [-0.15, -0.1) is 0 Å². The van der Waals surface area contributed by atoms with E-state index in [9.17, 15) is 13.2 Å². The Morgan fingerprint density at radius 2 is 2.19 bits per heavy atom. The highest BCUT2D eigenvalue weighted by atomic mass is 32.2. The van der Waals surface area contributed by atoms with Gasteiger partial charge in [-0.2, -0.15) is 0 Å². The van der Waals surface area contributed by atoms with Crippen LogP contribution < -0.4 is 10.6 Å². The molecular weight excluding hydrogens is 228 g/mol. The van der Waals surface area contributed by atoms with E-state index in [-0.39, 0.29) is 29.5 Å². The molecule has 1 aliphatic rings. The van der Waals surface area contributed by atoms with Gasteiger partial charge in [0, 0.05) is 12.6 Å². The number of sulfone groups is 1. The summed E-state index contributed by atoms with van der Waals surface area (Å²) in [7, 11) is -2.84. The first-order chi connectivity index (χ1) is 7.43. The molecule has 0 radical (unpaired) electrons. The van der Waals surface area contributed by atoms with E-state index in [1.807, 2.05) is 13.8 Å². The standard InChI is InChI=1S/C10H20N2O3S/c1-3-8(2)12-10(13)11-6-9-4-5-16(14,15)7-9/h8-9H,3-7H2,1-2H3,(H2,11,12,13). The highest BCUT2D eigenvalue weighted by molar-refractivity contribution is 7.91. The predicted octanol–water partition coefficient (Wildman–Crippen LogP) is 0.519. The largest absolute Gasteiger partial charge is 0.338 e. The Labute approximate surface area is 96.9 Å². The minimum atomic E-state index is -2.84. The summed E-state index contributed by atoms with van der Waals surface area (Å²) in [5.41, 5.74) is 0. The lowest BCUT2D eigenvalue weighted by Gasteiger charge is -2.14. The molecule has 94 valence electrons. The van der Waals surface area contributed by atoms with Gasteiger partial charge in [0.2, 0.25) is 0 Å². The summed E-state index contributed by atoms with van der Waals surface area (Å²) in [6.07, 6.45) is 1.54. The Hall–Kier alpha value is -0.780. The van der Waals surface area contributed by atoms with Crippen molar-refractivity contribution in [1.82, 2.24) is 10.6 Å². The number of nitrogens with one attached hydrogen (secondary N) is 2. The van der Waals surface area contributed by atoms with Crippen LogP contribution in [0.1, 0.15) is 26.7 Å². The van der Waals surface area contributed by atoms with Crippen molar-refractivity contribution in [1.29, 1.82) is 0 Å². The zero-order valence-corrected chi connectivity index (χ0v) is 10.6. The average Bonchev–Trinajstić information content (AvgIpc) is 2.55. The number of amides is 2. The highest BCUT2D eigenvalue weighted by Gasteiger charge is 2.27. The second-order valence-electron chi connectivity index (χ2n) is 4.43. The molecule has 1 rings (SSSR count). The number of carbonyl (C=O) groups is 1. The van der Waals surface area contributed by atoms with Crippen molar-refractivity contribution in [3.63, 3.8) is 0 Å². The third-order valence-electron chi connectivity index (χ3n) is 2.87. The summed E-state index contributed by atoms with van der Waals surface area (Å²) in [5, 5.41) is 5.49. The lowest BCUT2D eigenvalue weighted by Crippen LogP contribution is -2.42. The molecule has 2 amide bonds. The van der Waals surface area contributed by atoms with E-state index >= 15 is 0 Å². The maximum atomic E-state index is 11.4. The van der Waals surface area contributed by atoms with Crippen molar-refractivity contribution >= 4 is 15.9 Å². The van der Waals surface area contributed by atoms with Crippen LogP contribution in [0.2, 0.25) is 0 Å². The molecule has 1 aliphatic heterocycles. The van der Waals surface area contributed by atoms with Gasteiger partial charge in [-0.1, -0.05) is 6.92 Å². The molecule has 0 aromatic heterocycles. The summed E-state index contributed by atoms with van der Waals surface area (Å²) in [6, 6.07) is -0.0639. The minimum absolute atomic E-state index is 0.0766. The first-order valence-electron chi connectivity index (χ1n) is 5.67. The molecule has 1 fully saturated rings. The molecule has 0 bridgehead atoms. The molecule has 16 heavy (non-hydrogen) atoms. The number of rotatable bonds is 4. The number of urea groups is 1. The van der Waals surface area contributed by atoms with Gasteiger partial charge in [-0.25, -0.2) is 13.2 Å². The van der Waals surface area contributed by atoms with Gasteiger partial charge in [-0.05, 0) is 25.7 Å². The van der Waals surface area contributed by atoms with Crippen LogP contribution in [0.15, 0.2) is 0 Å². The van der Waals surface area contributed by atoms with E-state index in [1.54, 1.807) is 0 Å². The zero-order chi connectivity index (χ0) is 12.2. The second kappa shape index (κ2) is 5.52. The van der Waals surface area contributed by atoms with Gasteiger partial charge in [0.25, 0.3) is 0 Å². The zero-order valence-electron chi connectivity index (χ0n) is 9.82. The molecular formula is C10H20N2O3S. The maximum Gasteiger partial charge on any atom is 0.315 e. The molecule has 0 saturated carbocycles. The van der Waals surface area contributed by atoms with Gasteiger partial charge >= 0.3 is 6.03 Å². The molecule has 2 atom stereocenters. The van der Waals surface area contributed by atoms with Crippen molar-refractivity contribution in [2.75, 3.05) is 18.1 Å². The number of hydrogen-bond donors (Lipinski definition) is 2. The van der Waals surface area contributed by atoms with E-state index in [4.69, 9.17) is 0 Å². The smallest absolute Gasteiger partial charge is 0.315 e. The third-order valence-corrected chi connectivity index (χ3v) is 4.70. The van der Waals surface area contributed by atoms with Crippen LogP contribution in [0, 0.1) is 5.92 Å². The fourth-order valence-electron chi connectivity index (χ4n) is 1.65. The minimum Gasteiger partial charge on any atom is -0.338 e. The second-order valence-corrected chi connectivity index (χ2v) is 6.66. The first-order valence-corrected chi connectivity index (χ1v) is 7.50. The van der Waals surface area contributed by atoms with Crippen LogP contribution in [0.5, 0.6) is 0 Å². The topological polar surface area (TPSA) is 75.3 Å². The number of hydrogen-bond acceptors (Lipinski definition) is 3. The summed E-state index contributed by atoms with van der Waals surface area (Å²) in [4.78, 5) is 11.4. The van der Waals surface area contributed by atoms with E-state index in [0.717, 1.165) is 6.42 Å². The Balaban J connectivity index is 2.23. The fourth-order valence-corrected chi connectivity index (χ4v) is 3.51. The van der Waals surface area contributed by atoms with Crippen LogP contribution in [-0.2, 0) is 9.84 Å². The van der Waals surface area contributed by atoms with Gasteiger partial charge in [0.1, 0.15) is 0 Å². The first kappa shape index (κ1) is 13.3. The molecule has 6 heteroatoms. The summed E-state index contributed by atoms with van der Waals surface area (Å²) in [6.45, 7) is 4.37. The number of carbonyl (C=O) groups excluding carboxylic acids is 1. The highest BCUT2D eigenvalue weighted by Crippen LogP contribution is 2.17. The molecule has 2 N–H and O–H groups in total. The van der Waals surface area contributed by atoms with E-state index in [2.05, 4.69) is 10.6 Å². The van der Waals surface area contributed by atoms with E-state index in [1.165, 1.54) is 0 Å². The van der Waals surface area contributed by atoms with Crippen molar-refractivity contribution in [3.05, 3.63) is 0 Å². The SMILES string of the molecule is CCC(C)NC(=O)NCC1CCS(=O)(=O)C1. The van der Waals surface area contributed by atoms with Crippen LogP contribution in [0.3, 0.4) is 0 Å². The van der Waals surface area contributed by atoms with Crippen LogP contribution in [0.4, 0.5) is 4.79 Å². The third kappa shape index (κ3) is 4.38. The molecule has 0 aromatic rings. The molecule has 0 spiro atoms. The quantitative estimate of drug-likeness (QED) is 0.761. The van der Waals surface area contributed by atoms with Crippen molar-refractivity contribution in [2.45, 2.75) is 32.7 Å². The normalized spacial score (nSPS) is 25.0.